The van der Waals surface area contributed by atoms with Crippen LogP contribution in [0.1, 0.15) is 39.5 Å². The number of aromatic nitrogens is 2. The van der Waals surface area contributed by atoms with Crippen molar-refractivity contribution < 1.29 is 14.0 Å². The lowest BCUT2D eigenvalue weighted by atomic mass is 10.0. The van der Waals surface area contributed by atoms with E-state index in [-0.39, 0.29) is 30.1 Å². The number of aryl methyl sites for hydroxylation is 1. The van der Waals surface area contributed by atoms with Crippen molar-refractivity contribution in [3.8, 4) is 0 Å². The molecule has 0 saturated heterocycles. The van der Waals surface area contributed by atoms with Crippen molar-refractivity contribution in [1.82, 2.24) is 15.1 Å². The smallest absolute Gasteiger partial charge is 0.252 e. The second-order valence-corrected chi connectivity index (χ2v) is 6.83. The fourth-order valence-electron chi connectivity index (χ4n) is 3.42. The third-order valence-corrected chi connectivity index (χ3v) is 4.78. The normalized spacial score (nSPS) is 15.2. The predicted octanol–water partition coefficient (Wildman–Crippen LogP) is 3.19. The molecule has 6 nitrogen and oxygen atoms in total. The number of benzene rings is 2. The van der Waals surface area contributed by atoms with E-state index < -0.39 is 0 Å². The van der Waals surface area contributed by atoms with Crippen LogP contribution in [-0.2, 0) is 11.3 Å². The highest BCUT2D eigenvalue weighted by molar-refractivity contribution is 6.00. The van der Waals surface area contributed by atoms with Gasteiger partial charge in [-0.3, -0.25) is 9.59 Å². The molecule has 3 aromatic rings. The number of fused-ring (bicyclic) bond motifs is 1. The zero-order valence-electron chi connectivity index (χ0n) is 15.3. The Balaban J connectivity index is 1.48. The van der Waals surface area contributed by atoms with Gasteiger partial charge >= 0.3 is 0 Å². The number of nitrogens with one attached hydrogen (secondary N) is 2. The van der Waals surface area contributed by atoms with Crippen LogP contribution in [0.2, 0.25) is 0 Å². The van der Waals surface area contributed by atoms with Crippen LogP contribution in [0.25, 0.3) is 0 Å². The van der Waals surface area contributed by atoms with Crippen molar-refractivity contribution >= 4 is 17.6 Å². The lowest BCUT2D eigenvalue weighted by molar-refractivity contribution is -0.116. The molecule has 2 N–H and O–H groups in total. The van der Waals surface area contributed by atoms with Crippen LogP contribution in [0.4, 0.5) is 10.2 Å². The number of carbonyl (C=O) groups is 2. The van der Waals surface area contributed by atoms with Crippen LogP contribution in [0.3, 0.4) is 0 Å². The van der Waals surface area contributed by atoms with Crippen LogP contribution >= 0.6 is 0 Å². The molecule has 0 spiro atoms. The third-order valence-electron chi connectivity index (χ3n) is 4.78. The average molecular weight is 378 g/mol. The number of hydrogen-bond donors (Lipinski definition) is 2. The number of hydrogen-bond acceptors (Lipinski definition) is 3. The summed E-state index contributed by atoms with van der Waals surface area (Å²) in [4.78, 5) is 24.7. The van der Waals surface area contributed by atoms with E-state index in [0.29, 0.717) is 17.9 Å². The third kappa shape index (κ3) is 3.51. The second-order valence-electron chi connectivity index (χ2n) is 6.83. The first-order chi connectivity index (χ1) is 13.5. The van der Waals surface area contributed by atoms with Crippen molar-refractivity contribution in [2.24, 2.45) is 0 Å². The van der Waals surface area contributed by atoms with Crippen molar-refractivity contribution in [2.45, 2.75) is 25.9 Å². The zero-order valence-corrected chi connectivity index (χ0v) is 15.3. The SMILES string of the molecule is Cc1cnn(Cc2cccc(F)c2)c1NC(=O)C[C@H]1NC(=O)c2ccccc21. The Kier molecular flexibility index (Phi) is 4.65. The maximum Gasteiger partial charge on any atom is 0.252 e. The molecule has 0 radical (unpaired) electrons. The molecule has 2 amide bonds. The molecular formula is C21H19FN4O2. The summed E-state index contributed by atoms with van der Waals surface area (Å²) in [7, 11) is 0. The van der Waals surface area contributed by atoms with Crippen LogP contribution in [-0.4, -0.2) is 21.6 Å². The predicted molar refractivity (Wildman–Crippen MR) is 102 cm³/mol. The molecule has 1 atom stereocenters. The number of amides is 2. The summed E-state index contributed by atoms with van der Waals surface area (Å²) in [5, 5.41) is 10.0. The lowest BCUT2D eigenvalue weighted by Gasteiger charge is -2.14. The first-order valence-electron chi connectivity index (χ1n) is 8.98. The first kappa shape index (κ1) is 17.9. The van der Waals surface area contributed by atoms with E-state index in [4.69, 9.17) is 0 Å². The molecular weight excluding hydrogens is 359 g/mol. The van der Waals surface area contributed by atoms with Gasteiger partial charge in [0.05, 0.1) is 25.2 Å². The number of rotatable bonds is 5. The molecule has 142 valence electrons. The van der Waals surface area contributed by atoms with E-state index in [1.54, 1.807) is 35.1 Å². The number of carbonyl (C=O) groups excluding carboxylic acids is 2. The summed E-state index contributed by atoms with van der Waals surface area (Å²) in [6.45, 7) is 2.18. The number of nitrogens with zero attached hydrogens (tertiary/aromatic N) is 2. The molecule has 28 heavy (non-hydrogen) atoms. The Morgan fingerprint density at radius 3 is 2.89 bits per heavy atom. The van der Waals surface area contributed by atoms with Crippen molar-refractivity contribution in [3.05, 3.63) is 82.8 Å². The Hall–Kier alpha value is -3.48. The van der Waals surface area contributed by atoms with Gasteiger partial charge in [-0.2, -0.15) is 5.10 Å². The van der Waals surface area contributed by atoms with Gasteiger partial charge in [0, 0.05) is 11.1 Å². The Labute approximate surface area is 161 Å². The van der Waals surface area contributed by atoms with E-state index in [1.807, 2.05) is 19.1 Å². The average Bonchev–Trinajstić information content (AvgIpc) is 3.16. The van der Waals surface area contributed by atoms with Gasteiger partial charge in [-0.15, -0.1) is 0 Å². The largest absolute Gasteiger partial charge is 0.345 e. The van der Waals surface area contributed by atoms with Gasteiger partial charge in [0.15, 0.2) is 0 Å². The van der Waals surface area contributed by atoms with Crippen LogP contribution in [0.15, 0.2) is 54.7 Å². The van der Waals surface area contributed by atoms with E-state index in [0.717, 1.165) is 16.7 Å². The van der Waals surface area contributed by atoms with Gasteiger partial charge in [0.25, 0.3) is 5.91 Å². The van der Waals surface area contributed by atoms with Crippen LogP contribution in [0, 0.1) is 12.7 Å². The number of anilines is 1. The fourth-order valence-corrected chi connectivity index (χ4v) is 3.42. The van der Waals surface area contributed by atoms with Gasteiger partial charge in [-0.1, -0.05) is 30.3 Å². The zero-order chi connectivity index (χ0) is 19.7. The molecule has 1 aromatic heterocycles. The Morgan fingerprint density at radius 1 is 1.25 bits per heavy atom. The maximum atomic E-state index is 13.4. The highest BCUT2D eigenvalue weighted by Gasteiger charge is 2.29. The standard InChI is InChI=1S/C21H19FN4O2/c1-13-11-23-26(12-14-5-4-6-15(22)9-14)20(13)25-19(27)10-18-16-7-2-3-8-17(16)21(28)24-18/h2-9,11,18H,10,12H2,1H3,(H,24,28)(H,25,27)/t18-/m1/s1. The molecule has 2 aromatic carbocycles. The molecule has 0 bridgehead atoms. The van der Waals surface area contributed by atoms with Crippen molar-refractivity contribution in [1.29, 1.82) is 0 Å². The highest BCUT2D eigenvalue weighted by atomic mass is 19.1. The van der Waals surface area contributed by atoms with E-state index >= 15 is 0 Å². The molecule has 7 heteroatoms. The van der Waals surface area contributed by atoms with Crippen molar-refractivity contribution in [2.75, 3.05) is 5.32 Å². The minimum absolute atomic E-state index is 0.118. The van der Waals surface area contributed by atoms with E-state index in [9.17, 15) is 14.0 Å². The maximum absolute atomic E-state index is 13.4. The van der Waals surface area contributed by atoms with Gasteiger partial charge in [0.1, 0.15) is 11.6 Å². The second kappa shape index (κ2) is 7.26. The monoisotopic (exact) mass is 378 g/mol. The summed E-state index contributed by atoms with van der Waals surface area (Å²) in [6, 6.07) is 13.2. The molecule has 0 unspecified atom stereocenters. The minimum Gasteiger partial charge on any atom is -0.345 e. The highest BCUT2D eigenvalue weighted by Crippen LogP contribution is 2.28. The molecule has 4 rings (SSSR count). The summed E-state index contributed by atoms with van der Waals surface area (Å²) < 4.78 is 15.1. The van der Waals surface area contributed by atoms with Crippen LogP contribution in [0.5, 0.6) is 0 Å². The summed E-state index contributed by atoms with van der Waals surface area (Å²) in [5.41, 5.74) is 2.98. The van der Waals surface area contributed by atoms with Crippen LogP contribution < -0.4 is 10.6 Å². The molecule has 0 fully saturated rings. The molecule has 1 aliphatic rings. The van der Waals surface area contributed by atoms with E-state index in [2.05, 4.69) is 15.7 Å². The quantitative estimate of drug-likeness (QED) is 0.716. The summed E-state index contributed by atoms with van der Waals surface area (Å²) >= 11 is 0. The molecule has 1 aliphatic heterocycles. The van der Waals surface area contributed by atoms with Gasteiger partial charge in [-0.25, -0.2) is 9.07 Å². The topological polar surface area (TPSA) is 76.0 Å². The Bertz CT molecular complexity index is 1060. The van der Waals surface area contributed by atoms with Gasteiger partial charge < -0.3 is 10.6 Å². The Morgan fingerprint density at radius 2 is 2.07 bits per heavy atom. The summed E-state index contributed by atoms with van der Waals surface area (Å²) in [6.07, 6.45) is 1.77. The molecule has 2 heterocycles. The minimum atomic E-state index is -0.358. The van der Waals surface area contributed by atoms with Gasteiger partial charge in [-0.05, 0) is 36.2 Å². The fraction of sp³-hybridized carbons (Fsp3) is 0.190. The summed E-state index contributed by atoms with van der Waals surface area (Å²) in [5.74, 6) is -0.152. The van der Waals surface area contributed by atoms with E-state index in [1.165, 1.54) is 12.1 Å². The first-order valence-corrected chi connectivity index (χ1v) is 8.98. The van der Waals surface area contributed by atoms with Gasteiger partial charge in [0.2, 0.25) is 5.91 Å². The molecule has 0 saturated carbocycles. The molecule has 0 aliphatic carbocycles. The number of halogens is 1. The van der Waals surface area contributed by atoms with Crippen molar-refractivity contribution in [3.63, 3.8) is 0 Å². The lowest BCUT2D eigenvalue weighted by Crippen LogP contribution is -2.25.